The van der Waals surface area contributed by atoms with Gasteiger partial charge in [-0.15, -0.1) is 0 Å². The number of ether oxygens (including phenoxy) is 1. The van der Waals surface area contributed by atoms with Crippen molar-refractivity contribution < 1.29 is 9.13 Å². The zero-order chi connectivity index (χ0) is 13.4. The number of benzene rings is 1. The van der Waals surface area contributed by atoms with Crippen LogP contribution in [0.5, 0.6) is 5.75 Å². The maximum Gasteiger partial charge on any atom is 0.163 e. The fourth-order valence-electron chi connectivity index (χ4n) is 2.34. The fraction of sp³-hybridized carbons (Fsp3) is 0.286. The lowest BCUT2D eigenvalue weighted by molar-refractivity contribution is 0.242. The lowest BCUT2D eigenvalue weighted by atomic mass is 10.0. The number of hydrogen-bond donors (Lipinski definition) is 1. The number of nitrogens with zero attached hydrogens (tertiary/aromatic N) is 2. The van der Waals surface area contributed by atoms with Gasteiger partial charge in [0, 0.05) is 13.0 Å². The Morgan fingerprint density at radius 2 is 2.11 bits per heavy atom. The SMILES string of the molecule is Cc1cc2c(c(-c3ncc(F)cn3)c1)O[C@@H](CN)C2. The van der Waals surface area contributed by atoms with Crippen molar-refractivity contribution in [2.75, 3.05) is 6.54 Å². The number of fused-ring (bicyclic) bond motifs is 1. The van der Waals surface area contributed by atoms with Crippen LogP contribution in [0.25, 0.3) is 11.4 Å². The summed E-state index contributed by atoms with van der Waals surface area (Å²) >= 11 is 0. The van der Waals surface area contributed by atoms with Crippen molar-refractivity contribution in [3.8, 4) is 17.1 Å². The molecule has 0 amide bonds. The third kappa shape index (κ3) is 2.17. The summed E-state index contributed by atoms with van der Waals surface area (Å²) in [4.78, 5) is 8.04. The topological polar surface area (TPSA) is 61.0 Å². The van der Waals surface area contributed by atoms with E-state index in [2.05, 4.69) is 16.0 Å². The second kappa shape index (κ2) is 4.59. The first-order valence-electron chi connectivity index (χ1n) is 6.15. The zero-order valence-electron chi connectivity index (χ0n) is 10.6. The van der Waals surface area contributed by atoms with Crippen LogP contribution in [0.3, 0.4) is 0 Å². The minimum absolute atomic E-state index is 0.00371. The molecule has 1 aliphatic rings. The summed E-state index contributed by atoms with van der Waals surface area (Å²) in [6.07, 6.45) is 3.11. The number of hydrogen-bond acceptors (Lipinski definition) is 4. The molecule has 5 heteroatoms. The molecule has 0 fully saturated rings. The summed E-state index contributed by atoms with van der Waals surface area (Å²) < 4.78 is 18.7. The molecule has 1 aliphatic heterocycles. The van der Waals surface area contributed by atoms with Crippen molar-refractivity contribution in [2.45, 2.75) is 19.4 Å². The van der Waals surface area contributed by atoms with Crippen LogP contribution in [0.2, 0.25) is 0 Å². The summed E-state index contributed by atoms with van der Waals surface area (Å²) in [6.45, 7) is 2.47. The quantitative estimate of drug-likeness (QED) is 0.894. The second-order valence-electron chi connectivity index (χ2n) is 4.71. The van der Waals surface area contributed by atoms with Gasteiger partial charge in [-0.3, -0.25) is 0 Å². The zero-order valence-corrected chi connectivity index (χ0v) is 10.6. The highest BCUT2D eigenvalue weighted by molar-refractivity contribution is 5.68. The van der Waals surface area contributed by atoms with Crippen molar-refractivity contribution in [1.29, 1.82) is 0 Å². The molecule has 2 aromatic rings. The van der Waals surface area contributed by atoms with Gasteiger partial charge in [-0.1, -0.05) is 6.07 Å². The van der Waals surface area contributed by atoms with Gasteiger partial charge in [0.15, 0.2) is 11.6 Å². The average molecular weight is 259 g/mol. The summed E-state index contributed by atoms with van der Waals surface area (Å²) in [5, 5.41) is 0. The largest absolute Gasteiger partial charge is 0.488 e. The highest BCUT2D eigenvalue weighted by Gasteiger charge is 2.26. The Morgan fingerprint density at radius 3 is 2.79 bits per heavy atom. The second-order valence-corrected chi connectivity index (χ2v) is 4.71. The molecule has 1 aromatic heterocycles. The van der Waals surface area contributed by atoms with Gasteiger partial charge in [0.25, 0.3) is 0 Å². The van der Waals surface area contributed by atoms with E-state index in [1.807, 2.05) is 13.0 Å². The highest BCUT2D eigenvalue weighted by Crippen LogP contribution is 2.38. The molecule has 2 heterocycles. The molecular weight excluding hydrogens is 245 g/mol. The molecule has 1 atom stereocenters. The normalized spacial score (nSPS) is 17.1. The van der Waals surface area contributed by atoms with E-state index in [9.17, 15) is 4.39 Å². The summed E-state index contributed by atoms with van der Waals surface area (Å²) in [5.41, 5.74) is 8.66. The number of nitrogens with two attached hydrogens (primary N) is 1. The van der Waals surface area contributed by atoms with Crippen LogP contribution in [0.4, 0.5) is 4.39 Å². The molecule has 1 aromatic carbocycles. The molecule has 2 N–H and O–H groups in total. The van der Waals surface area contributed by atoms with Crippen molar-refractivity contribution >= 4 is 0 Å². The predicted molar refractivity (Wildman–Crippen MR) is 69.3 cm³/mol. The molecular formula is C14H14FN3O. The standard InChI is InChI=1S/C14H14FN3O/c1-8-2-9-4-11(5-16)19-13(9)12(3-8)14-17-6-10(15)7-18-14/h2-3,6-7,11H,4-5,16H2,1H3/t11-/m1/s1. The monoisotopic (exact) mass is 259 g/mol. The molecule has 0 saturated carbocycles. The highest BCUT2D eigenvalue weighted by atomic mass is 19.1. The van der Waals surface area contributed by atoms with Crippen LogP contribution in [0, 0.1) is 12.7 Å². The number of aryl methyl sites for hydroxylation is 1. The molecule has 0 unspecified atom stereocenters. The van der Waals surface area contributed by atoms with Gasteiger partial charge in [-0.05, 0) is 24.1 Å². The summed E-state index contributed by atoms with van der Waals surface area (Å²) in [7, 11) is 0. The van der Waals surface area contributed by atoms with Gasteiger partial charge in [-0.2, -0.15) is 0 Å². The molecule has 98 valence electrons. The fourth-order valence-corrected chi connectivity index (χ4v) is 2.34. The van der Waals surface area contributed by atoms with Crippen LogP contribution in [-0.4, -0.2) is 22.6 Å². The third-order valence-electron chi connectivity index (χ3n) is 3.17. The van der Waals surface area contributed by atoms with Crippen LogP contribution in [-0.2, 0) is 6.42 Å². The predicted octanol–water partition coefficient (Wildman–Crippen LogP) is 1.85. The first-order chi connectivity index (χ1) is 9.17. The van der Waals surface area contributed by atoms with E-state index in [4.69, 9.17) is 10.5 Å². The first-order valence-corrected chi connectivity index (χ1v) is 6.15. The molecule has 0 saturated heterocycles. The van der Waals surface area contributed by atoms with Gasteiger partial charge in [0.05, 0.1) is 18.0 Å². The Labute approximate surface area is 110 Å². The van der Waals surface area contributed by atoms with Gasteiger partial charge >= 0.3 is 0 Å². The Hall–Kier alpha value is -2.01. The van der Waals surface area contributed by atoms with Crippen molar-refractivity contribution in [3.05, 3.63) is 41.5 Å². The molecule has 3 rings (SSSR count). The lowest BCUT2D eigenvalue weighted by Crippen LogP contribution is -2.24. The minimum atomic E-state index is -0.450. The van der Waals surface area contributed by atoms with Crippen LogP contribution in [0.1, 0.15) is 11.1 Å². The van der Waals surface area contributed by atoms with Crippen LogP contribution in [0.15, 0.2) is 24.5 Å². The Balaban J connectivity index is 2.10. The number of halogens is 1. The number of aromatic nitrogens is 2. The van der Waals surface area contributed by atoms with Crippen molar-refractivity contribution in [3.63, 3.8) is 0 Å². The van der Waals surface area contributed by atoms with Gasteiger partial charge in [-0.25, -0.2) is 14.4 Å². The van der Waals surface area contributed by atoms with E-state index in [0.29, 0.717) is 12.4 Å². The molecule has 0 spiro atoms. The van der Waals surface area contributed by atoms with E-state index in [1.54, 1.807) is 0 Å². The Morgan fingerprint density at radius 1 is 1.37 bits per heavy atom. The first kappa shape index (κ1) is 12.0. The molecule has 19 heavy (non-hydrogen) atoms. The van der Waals surface area contributed by atoms with E-state index in [0.717, 1.165) is 41.3 Å². The molecule has 4 nitrogen and oxygen atoms in total. The molecule has 0 bridgehead atoms. The van der Waals surface area contributed by atoms with E-state index in [1.165, 1.54) is 0 Å². The summed E-state index contributed by atoms with van der Waals surface area (Å²) in [5.74, 6) is 0.792. The van der Waals surface area contributed by atoms with Crippen LogP contribution < -0.4 is 10.5 Å². The third-order valence-corrected chi connectivity index (χ3v) is 3.17. The van der Waals surface area contributed by atoms with E-state index in [-0.39, 0.29) is 6.10 Å². The Kier molecular flexibility index (Phi) is 2.91. The van der Waals surface area contributed by atoms with Gasteiger partial charge in [0.1, 0.15) is 11.9 Å². The van der Waals surface area contributed by atoms with Gasteiger partial charge in [0.2, 0.25) is 0 Å². The van der Waals surface area contributed by atoms with Crippen LogP contribution >= 0.6 is 0 Å². The minimum Gasteiger partial charge on any atom is -0.488 e. The maximum absolute atomic E-state index is 12.9. The van der Waals surface area contributed by atoms with Crippen molar-refractivity contribution in [2.24, 2.45) is 5.73 Å². The lowest BCUT2D eigenvalue weighted by Gasteiger charge is -2.10. The van der Waals surface area contributed by atoms with Crippen molar-refractivity contribution in [1.82, 2.24) is 9.97 Å². The van der Waals surface area contributed by atoms with E-state index < -0.39 is 5.82 Å². The Bertz CT molecular complexity index is 613. The smallest absolute Gasteiger partial charge is 0.163 e. The number of rotatable bonds is 2. The maximum atomic E-state index is 12.9. The molecule has 0 aliphatic carbocycles. The average Bonchev–Trinajstić information content (AvgIpc) is 2.81. The summed E-state index contributed by atoms with van der Waals surface area (Å²) in [6, 6.07) is 4.03. The van der Waals surface area contributed by atoms with E-state index >= 15 is 0 Å². The van der Waals surface area contributed by atoms with Gasteiger partial charge < -0.3 is 10.5 Å². The molecule has 0 radical (unpaired) electrons.